The van der Waals surface area contributed by atoms with Crippen LogP contribution in [0, 0.1) is 5.82 Å². The van der Waals surface area contributed by atoms with Gasteiger partial charge in [-0.15, -0.1) is 24.0 Å². The van der Waals surface area contributed by atoms with Gasteiger partial charge >= 0.3 is 0 Å². The summed E-state index contributed by atoms with van der Waals surface area (Å²) in [5, 5.41) is 6.47. The molecule has 1 aliphatic rings. The molecule has 2 amide bonds. The normalized spacial score (nSPS) is 14.1. The van der Waals surface area contributed by atoms with Gasteiger partial charge in [-0.05, 0) is 29.8 Å². The minimum Gasteiger partial charge on any atom is -0.354 e. The van der Waals surface area contributed by atoms with E-state index in [1.54, 1.807) is 13.1 Å². The fraction of sp³-hybridized carbons (Fsp3) is 0.318. The van der Waals surface area contributed by atoms with E-state index in [4.69, 9.17) is 11.6 Å². The second-order valence-corrected chi connectivity index (χ2v) is 7.51. The van der Waals surface area contributed by atoms with Crippen molar-refractivity contribution in [3.63, 3.8) is 0 Å². The molecule has 1 aliphatic heterocycles. The van der Waals surface area contributed by atoms with Gasteiger partial charge in [-0.3, -0.25) is 14.6 Å². The van der Waals surface area contributed by atoms with Gasteiger partial charge in [0.25, 0.3) is 5.91 Å². The summed E-state index contributed by atoms with van der Waals surface area (Å²) >= 11 is 5.91. The predicted octanol–water partition coefficient (Wildman–Crippen LogP) is 2.75. The molecule has 0 radical (unpaired) electrons. The van der Waals surface area contributed by atoms with Crippen LogP contribution in [0.15, 0.2) is 53.5 Å². The van der Waals surface area contributed by atoms with Crippen LogP contribution in [0.3, 0.4) is 0 Å². The van der Waals surface area contributed by atoms with Crippen LogP contribution in [0.1, 0.15) is 15.9 Å². The zero-order valence-electron chi connectivity index (χ0n) is 17.7. The summed E-state index contributed by atoms with van der Waals surface area (Å²) < 4.78 is 13.7. The highest BCUT2D eigenvalue weighted by molar-refractivity contribution is 14.0. The Bertz CT molecular complexity index is 958. The third-order valence-corrected chi connectivity index (χ3v) is 5.18. The van der Waals surface area contributed by atoms with Crippen molar-refractivity contribution in [3.05, 3.63) is 70.5 Å². The van der Waals surface area contributed by atoms with Crippen molar-refractivity contribution in [1.82, 2.24) is 20.4 Å². The summed E-state index contributed by atoms with van der Waals surface area (Å²) in [5.74, 6) is -0.434. The standard InChI is InChI=1S/C22H25ClFN5O2.HI/c1-25-22(27-11-10-26-21(31)18-4-2-3-5-19(18)24)29-13-12-28(20(30)15-29)14-16-6-8-17(23)9-7-16;/h2-9H,10-15H2,1H3,(H,25,27)(H,26,31);1H. The maximum atomic E-state index is 13.7. The molecule has 0 spiro atoms. The lowest BCUT2D eigenvalue weighted by Gasteiger charge is -2.36. The largest absolute Gasteiger partial charge is 0.354 e. The Morgan fingerprint density at radius 3 is 2.44 bits per heavy atom. The van der Waals surface area contributed by atoms with Gasteiger partial charge < -0.3 is 20.4 Å². The summed E-state index contributed by atoms with van der Waals surface area (Å²) in [5.41, 5.74) is 1.04. The second-order valence-electron chi connectivity index (χ2n) is 7.07. The summed E-state index contributed by atoms with van der Waals surface area (Å²) in [4.78, 5) is 32.5. The maximum absolute atomic E-state index is 13.7. The van der Waals surface area contributed by atoms with E-state index in [1.165, 1.54) is 18.2 Å². The van der Waals surface area contributed by atoms with Gasteiger partial charge in [0.1, 0.15) is 5.82 Å². The first kappa shape index (κ1) is 25.9. The Morgan fingerprint density at radius 2 is 1.78 bits per heavy atom. The van der Waals surface area contributed by atoms with Gasteiger partial charge in [0.05, 0.1) is 12.1 Å². The number of carbonyl (C=O) groups is 2. The Balaban J connectivity index is 0.00000363. The fourth-order valence-electron chi connectivity index (χ4n) is 3.29. The number of aliphatic imine (C=N–C) groups is 1. The van der Waals surface area contributed by atoms with Crippen molar-refractivity contribution in [2.24, 2.45) is 4.99 Å². The van der Waals surface area contributed by atoms with Crippen molar-refractivity contribution in [3.8, 4) is 0 Å². The van der Waals surface area contributed by atoms with Gasteiger partial charge in [0.15, 0.2) is 5.96 Å². The number of nitrogens with one attached hydrogen (secondary N) is 2. The number of benzene rings is 2. The molecule has 0 unspecified atom stereocenters. The molecule has 3 rings (SSSR count). The van der Waals surface area contributed by atoms with E-state index in [-0.39, 0.29) is 48.5 Å². The lowest BCUT2D eigenvalue weighted by molar-refractivity contribution is -0.135. The molecule has 0 saturated carbocycles. The molecule has 172 valence electrons. The summed E-state index contributed by atoms with van der Waals surface area (Å²) in [6.07, 6.45) is 0. The zero-order chi connectivity index (χ0) is 22.2. The van der Waals surface area contributed by atoms with Gasteiger partial charge in [-0.25, -0.2) is 4.39 Å². The summed E-state index contributed by atoms with van der Waals surface area (Å²) in [7, 11) is 1.64. The number of halogens is 3. The summed E-state index contributed by atoms with van der Waals surface area (Å²) in [6.45, 7) is 2.66. The second kappa shape index (κ2) is 12.6. The highest BCUT2D eigenvalue weighted by Crippen LogP contribution is 2.13. The number of carbonyl (C=O) groups excluding carboxylic acids is 2. The fourth-order valence-corrected chi connectivity index (χ4v) is 3.42. The van der Waals surface area contributed by atoms with Gasteiger partial charge in [0, 0.05) is 44.8 Å². The molecule has 2 aromatic carbocycles. The molecule has 1 heterocycles. The monoisotopic (exact) mass is 573 g/mol. The van der Waals surface area contributed by atoms with E-state index in [9.17, 15) is 14.0 Å². The van der Waals surface area contributed by atoms with Gasteiger partial charge in [-0.2, -0.15) is 0 Å². The number of hydrogen-bond donors (Lipinski definition) is 2. The highest BCUT2D eigenvalue weighted by atomic mass is 127. The Kier molecular flexibility index (Phi) is 10.2. The first-order valence-electron chi connectivity index (χ1n) is 9.98. The van der Waals surface area contributed by atoms with E-state index >= 15 is 0 Å². The lowest BCUT2D eigenvalue weighted by atomic mass is 10.2. The first-order valence-corrected chi connectivity index (χ1v) is 10.4. The lowest BCUT2D eigenvalue weighted by Crippen LogP contribution is -2.55. The molecular weight excluding hydrogens is 548 g/mol. The quantitative estimate of drug-likeness (QED) is 0.241. The summed E-state index contributed by atoms with van der Waals surface area (Å²) in [6, 6.07) is 13.3. The number of nitrogens with zero attached hydrogens (tertiary/aromatic N) is 3. The van der Waals surface area contributed by atoms with Crippen LogP contribution in [0.4, 0.5) is 4.39 Å². The van der Waals surface area contributed by atoms with E-state index in [0.717, 1.165) is 5.56 Å². The predicted molar refractivity (Wildman–Crippen MR) is 134 cm³/mol. The number of rotatable bonds is 6. The molecule has 1 saturated heterocycles. The van der Waals surface area contributed by atoms with Crippen LogP contribution >= 0.6 is 35.6 Å². The molecule has 0 atom stereocenters. The molecule has 0 aromatic heterocycles. The molecule has 2 aromatic rings. The van der Waals surface area contributed by atoms with E-state index in [2.05, 4.69) is 15.6 Å². The molecule has 0 bridgehead atoms. The third kappa shape index (κ3) is 7.06. The van der Waals surface area contributed by atoms with Crippen LogP contribution in [0.2, 0.25) is 5.02 Å². The average Bonchev–Trinajstić information content (AvgIpc) is 2.77. The molecule has 7 nitrogen and oxygen atoms in total. The van der Waals surface area contributed by atoms with Crippen LogP contribution in [0.5, 0.6) is 0 Å². The SMILES string of the molecule is CN=C(NCCNC(=O)c1ccccc1F)N1CCN(Cc2ccc(Cl)cc2)C(=O)C1.I. The van der Waals surface area contributed by atoms with Crippen LogP contribution in [-0.2, 0) is 11.3 Å². The Hall–Kier alpha value is -2.40. The van der Waals surface area contributed by atoms with E-state index in [1.807, 2.05) is 34.1 Å². The average molecular weight is 574 g/mol. The molecular formula is C22H26ClFIN5O2. The number of hydrogen-bond acceptors (Lipinski definition) is 3. The van der Waals surface area contributed by atoms with E-state index < -0.39 is 11.7 Å². The molecule has 32 heavy (non-hydrogen) atoms. The third-order valence-electron chi connectivity index (χ3n) is 4.93. The first-order chi connectivity index (χ1) is 15.0. The zero-order valence-corrected chi connectivity index (χ0v) is 20.8. The van der Waals surface area contributed by atoms with Crippen molar-refractivity contribution in [2.45, 2.75) is 6.54 Å². The van der Waals surface area contributed by atoms with Gasteiger partial charge in [0.2, 0.25) is 5.91 Å². The molecule has 10 heteroatoms. The smallest absolute Gasteiger partial charge is 0.254 e. The molecule has 0 aliphatic carbocycles. The van der Waals surface area contributed by atoms with Crippen molar-refractivity contribution >= 4 is 53.4 Å². The topological polar surface area (TPSA) is 77.0 Å². The van der Waals surface area contributed by atoms with Crippen molar-refractivity contribution in [2.75, 3.05) is 39.8 Å². The van der Waals surface area contributed by atoms with Crippen LogP contribution in [0.25, 0.3) is 0 Å². The number of amides is 2. The number of guanidine groups is 1. The van der Waals surface area contributed by atoms with Gasteiger partial charge in [-0.1, -0.05) is 35.9 Å². The van der Waals surface area contributed by atoms with Crippen molar-refractivity contribution < 1.29 is 14.0 Å². The number of piperazine rings is 1. The molecule has 2 N–H and O–H groups in total. The van der Waals surface area contributed by atoms with Crippen molar-refractivity contribution in [1.29, 1.82) is 0 Å². The minimum atomic E-state index is -0.557. The maximum Gasteiger partial charge on any atom is 0.254 e. The van der Waals surface area contributed by atoms with E-state index in [0.29, 0.717) is 37.2 Å². The minimum absolute atomic E-state index is 0. The Labute approximate surface area is 209 Å². The highest BCUT2D eigenvalue weighted by Gasteiger charge is 2.25. The molecule has 1 fully saturated rings. The Morgan fingerprint density at radius 1 is 1.09 bits per heavy atom. The van der Waals surface area contributed by atoms with Crippen LogP contribution in [-0.4, -0.2) is 67.3 Å². The van der Waals surface area contributed by atoms with Crippen LogP contribution < -0.4 is 10.6 Å².